The van der Waals surface area contributed by atoms with Crippen molar-refractivity contribution in [2.75, 3.05) is 31.9 Å². The van der Waals surface area contributed by atoms with Gasteiger partial charge in [0.2, 0.25) is 11.8 Å². The van der Waals surface area contributed by atoms with Gasteiger partial charge in [-0.2, -0.15) is 29.4 Å². The summed E-state index contributed by atoms with van der Waals surface area (Å²) in [5, 5.41) is 67.1. The smallest absolute Gasteiger partial charge is 0.346 e. The Hall–Kier alpha value is -15.6. The lowest BCUT2D eigenvalue weighted by molar-refractivity contribution is -0.605. The van der Waals surface area contributed by atoms with Gasteiger partial charge >= 0.3 is 6.03 Å². The van der Waals surface area contributed by atoms with Gasteiger partial charge in [0.1, 0.15) is 28.5 Å². The molecule has 0 radical (unpaired) electrons. The molecule has 30 nitrogen and oxygen atoms in total. The number of hydrogen-bond donors (Lipinski definition) is 8. The second kappa shape index (κ2) is 42.2. The number of H-pyrrole nitrogens is 2. The molecule has 646 valence electrons. The van der Waals surface area contributed by atoms with Gasteiger partial charge in [-0.05, 0) is 127 Å². The summed E-state index contributed by atoms with van der Waals surface area (Å²) in [7, 11) is 0. The summed E-state index contributed by atoms with van der Waals surface area (Å²) in [5.74, 6) is 1.83. The van der Waals surface area contributed by atoms with Crippen LogP contribution >= 0.6 is 23.2 Å². The van der Waals surface area contributed by atoms with Crippen LogP contribution in [0.4, 0.5) is 39.6 Å². The van der Waals surface area contributed by atoms with E-state index in [0.29, 0.717) is 106 Å². The molecule has 128 heavy (non-hydrogen) atoms. The van der Waals surface area contributed by atoms with Crippen molar-refractivity contribution in [3.8, 4) is 0 Å². The predicted octanol–water partition coefficient (Wildman–Crippen LogP) is 22.4. The molecule has 4 aromatic carbocycles. The Balaban J connectivity index is 0.000000138. The molecule has 32 heteroatoms. The summed E-state index contributed by atoms with van der Waals surface area (Å²) in [4.78, 5) is 61.5. The maximum atomic E-state index is 12.9. The fourth-order valence-electron chi connectivity index (χ4n) is 16.0. The SMILES string of the molecule is [C-]#[N+]C1=C(CCC)Nc2[nH]ncc2C1c1cc[n+]([O-])cc1.[C-]#[N+]C1=C(CCC)Nc2[nH]ncc2C1c1cccc(C)n1.[C-]#[N+]C1=C(CCC)Nc2c(cnn2C(=O)CCC=C)C1c1ccccc1Cl.[C-]#[N+]C1=C(CCC)Nc2nn(C(=O)CCC=C)cc2C1c1ccccc1Cl.[C-]#[N+]C1=C(CCC)Nc2nn(C(=O)Nc3ccccc3)cc2C1c1cccc2nonc12. The van der Waals surface area contributed by atoms with Crippen molar-refractivity contribution in [1.29, 1.82) is 0 Å². The van der Waals surface area contributed by atoms with Crippen molar-refractivity contribution in [2.24, 2.45) is 0 Å². The first-order chi connectivity index (χ1) is 62.4. The van der Waals surface area contributed by atoms with Crippen LogP contribution in [0, 0.1) is 45.0 Å². The maximum Gasteiger partial charge on any atom is 0.346 e. The van der Waals surface area contributed by atoms with Gasteiger partial charge in [-0.3, -0.25) is 24.8 Å². The van der Waals surface area contributed by atoms with Gasteiger partial charge in [0.25, 0.3) is 0 Å². The van der Waals surface area contributed by atoms with Crippen molar-refractivity contribution < 1.29 is 23.7 Å². The minimum absolute atomic E-state index is 0.106. The molecule has 5 atom stereocenters. The van der Waals surface area contributed by atoms with E-state index in [4.69, 9.17) is 60.7 Å². The van der Waals surface area contributed by atoms with Crippen LogP contribution in [-0.4, -0.2) is 82.9 Å². The fourth-order valence-corrected chi connectivity index (χ4v) is 16.5. The van der Waals surface area contributed by atoms with Crippen LogP contribution in [0.2, 0.25) is 10.0 Å². The molecule has 5 aliphatic rings. The van der Waals surface area contributed by atoms with Crippen molar-refractivity contribution in [3.63, 3.8) is 0 Å². The van der Waals surface area contributed by atoms with Crippen molar-refractivity contribution in [1.82, 2.24) is 65.0 Å². The number of nitrogens with zero attached hydrogens (tertiary/aromatic N) is 17. The van der Waals surface area contributed by atoms with E-state index < -0.39 is 11.9 Å². The lowest BCUT2D eigenvalue weighted by atomic mass is 9.85. The minimum atomic E-state index is -0.445. The highest BCUT2D eigenvalue weighted by atomic mass is 35.5. The zero-order valence-electron chi connectivity index (χ0n) is 71.4. The van der Waals surface area contributed by atoms with Gasteiger partial charge < -0.3 is 37.1 Å². The van der Waals surface area contributed by atoms with E-state index in [0.717, 1.165) is 163 Å². The molecule has 17 rings (SSSR count). The number of hydrogen-bond acceptors (Lipinski definition) is 18. The number of carbonyl (C=O) groups excluding carboxylic acids is 3. The van der Waals surface area contributed by atoms with E-state index >= 15 is 0 Å². The number of aromatic nitrogens is 14. The van der Waals surface area contributed by atoms with Gasteiger partial charge in [-0.15, -0.1) is 23.4 Å². The van der Waals surface area contributed by atoms with E-state index in [1.54, 1.807) is 67.4 Å². The first-order valence-electron chi connectivity index (χ1n) is 42.1. The van der Waals surface area contributed by atoms with Crippen LogP contribution in [0.3, 0.4) is 0 Å². The standard InChI is InChI=1S/C23H19N7O2.2C21H21ClN4O.C16H17N5.C15H15N5O/c1-3-8-17-21(24-2)19(15-11-7-12-18-20(15)29-32-28-18)16-13-30(27-22(16)26-17)23(31)25-14-9-5-4-6-10-14;1-4-6-12-18(27)26-13-15-19(14-10-7-8-11-16(14)22)20(23-3)17(9-5-2)24-21(15)25-26;1-4-6-12-18(27)26-21-15(13-24-26)19(14-10-7-8-11-16(14)22)20(23-3)17(25-21)9-5-2;1-4-6-13-15(17-3)14(11-9-18-21-16(11)20-13)12-8-5-7-10(2)19-12;1-3-4-12-14(16-2)13(10-5-7-20(21)8-6-10)11-9-17-19-15(11)18-12/h4-7,9-13,19H,3,8H2,1H3,(H,25,31)(H,26,27);4,7-8,10-11,13,19H,1,5-6,9,12H2,2H3,(H,24,25);4,7-8,10-11,13,19,25H,1,5-6,9,12H2,2H3;5,7-9,14H,4,6H2,1-2H3,(H2,18,20,21);5-9,13H,3-4H2,1H3,(H2,17,18,19). The number of para-hydroxylation sites is 1. The molecular formula is C96H93Cl2N25O5. The van der Waals surface area contributed by atoms with Gasteiger partial charge in [0.15, 0.2) is 52.5 Å². The number of pyridine rings is 2. The van der Waals surface area contributed by atoms with Crippen LogP contribution in [-0.2, 0) is 0 Å². The van der Waals surface area contributed by atoms with Crippen LogP contribution in [0.15, 0.2) is 258 Å². The lowest BCUT2D eigenvalue weighted by Gasteiger charge is -2.27. The highest BCUT2D eigenvalue weighted by molar-refractivity contribution is 6.32. The third-order valence-electron chi connectivity index (χ3n) is 21.8. The zero-order valence-corrected chi connectivity index (χ0v) is 72.9. The van der Waals surface area contributed by atoms with Crippen molar-refractivity contribution >= 4 is 86.9 Å². The summed E-state index contributed by atoms with van der Waals surface area (Å²) in [6.45, 7) is 58.2. The summed E-state index contributed by atoms with van der Waals surface area (Å²) in [5.41, 5.74) is 18.9. The maximum absolute atomic E-state index is 12.9. The molecule has 0 saturated heterocycles. The van der Waals surface area contributed by atoms with Crippen LogP contribution in [0.1, 0.15) is 225 Å². The highest BCUT2D eigenvalue weighted by Crippen LogP contribution is 2.50. The molecule has 0 spiro atoms. The number of fused-ring (bicyclic) bond motifs is 6. The Labute approximate surface area is 751 Å². The number of aryl methyl sites for hydroxylation is 1. The van der Waals surface area contributed by atoms with Gasteiger partial charge in [-0.25, -0.2) is 38.3 Å². The molecule has 12 aromatic rings. The number of rotatable bonds is 22. The van der Waals surface area contributed by atoms with Crippen LogP contribution in [0.5, 0.6) is 0 Å². The molecule has 13 heterocycles. The topological polar surface area (TPSA) is 335 Å². The molecule has 0 fully saturated rings. The summed E-state index contributed by atoms with van der Waals surface area (Å²) in [6, 6.07) is 38.8. The first-order valence-corrected chi connectivity index (χ1v) is 42.8. The number of benzene rings is 4. The first kappa shape index (κ1) is 90.2. The third kappa shape index (κ3) is 19.5. The average molecular weight is 1750 g/mol. The van der Waals surface area contributed by atoms with Gasteiger partial charge in [-0.1, -0.05) is 175 Å². The molecule has 5 unspecified atom stereocenters. The van der Waals surface area contributed by atoms with Gasteiger partial charge in [0.05, 0.1) is 81.0 Å². The van der Waals surface area contributed by atoms with E-state index in [1.165, 1.54) is 26.4 Å². The van der Waals surface area contributed by atoms with E-state index in [-0.39, 0.29) is 35.5 Å². The van der Waals surface area contributed by atoms with Crippen molar-refractivity contribution in [2.45, 2.75) is 161 Å². The Bertz CT molecular complexity index is 6490. The molecular weight excluding hydrogens is 1650 g/mol. The zero-order chi connectivity index (χ0) is 90.5. The van der Waals surface area contributed by atoms with E-state index in [9.17, 15) is 19.6 Å². The highest BCUT2D eigenvalue weighted by Gasteiger charge is 2.40. The van der Waals surface area contributed by atoms with Crippen molar-refractivity contribution in [3.05, 3.63) is 387 Å². The number of carbonyl (C=O) groups is 3. The second-order valence-corrected chi connectivity index (χ2v) is 31.2. The normalized spacial score (nSPS) is 16.0. The number of amides is 1. The molecule has 0 saturated carbocycles. The van der Waals surface area contributed by atoms with Crippen LogP contribution < -0.4 is 36.6 Å². The number of allylic oxidation sites excluding steroid dienone is 12. The predicted molar refractivity (Wildman–Crippen MR) is 494 cm³/mol. The van der Waals surface area contributed by atoms with E-state index in [1.807, 2.05) is 110 Å². The molecule has 5 aliphatic heterocycles. The monoisotopic (exact) mass is 1750 g/mol. The van der Waals surface area contributed by atoms with E-state index in [2.05, 4.69) is 155 Å². The average Bonchev–Trinajstić information content (AvgIpc) is 1.59. The summed E-state index contributed by atoms with van der Waals surface area (Å²) >= 11 is 12.9. The Morgan fingerprint density at radius 3 is 1.50 bits per heavy atom. The fraction of sp³-hybridized carbons (Fsp3) is 0.260. The summed E-state index contributed by atoms with van der Waals surface area (Å²) < 4.78 is 9.71. The largest absolute Gasteiger partial charge is 0.619 e. The number of anilines is 6. The van der Waals surface area contributed by atoms with Crippen LogP contribution in [0.25, 0.3) is 35.3 Å². The molecule has 0 bridgehead atoms. The Morgan fingerprint density at radius 1 is 0.508 bits per heavy atom. The lowest BCUT2D eigenvalue weighted by Crippen LogP contribution is -2.25. The molecule has 1 amide bonds. The molecule has 8 N–H and O–H groups in total. The second-order valence-electron chi connectivity index (χ2n) is 30.4. The van der Waals surface area contributed by atoms with Gasteiger partial charge in [0, 0.05) is 121 Å². The number of nitrogens with one attached hydrogen (secondary N) is 8. The Morgan fingerprint density at radius 2 is 0.969 bits per heavy atom. The molecule has 8 aromatic heterocycles. The number of halogens is 2. The molecule has 0 aliphatic carbocycles. The quantitative estimate of drug-likeness (QED) is 0.0135. The third-order valence-corrected chi connectivity index (χ3v) is 22.5. The minimum Gasteiger partial charge on any atom is -0.619 e. The number of aromatic amines is 2. The summed E-state index contributed by atoms with van der Waals surface area (Å²) in [6.07, 6.45) is 25.1. The Kier molecular flexibility index (Phi) is 29.7.